The molecule has 1 aliphatic rings. The lowest BCUT2D eigenvalue weighted by atomic mass is 9.78. The molecule has 1 aromatic carbocycles. The van der Waals surface area contributed by atoms with Gasteiger partial charge in [0.05, 0.1) is 0 Å². The second-order valence-electron chi connectivity index (χ2n) is 6.34. The summed E-state index contributed by atoms with van der Waals surface area (Å²) < 4.78 is 2.30. The molecule has 1 heterocycles. The first-order chi connectivity index (χ1) is 8.38. The van der Waals surface area contributed by atoms with Gasteiger partial charge >= 0.3 is 0 Å². The van der Waals surface area contributed by atoms with Crippen LogP contribution < -0.4 is 5.73 Å². The number of aromatic nitrogens is 1. The summed E-state index contributed by atoms with van der Waals surface area (Å²) in [6.45, 7) is 6.56. The Morgan fingerprint density at radius 1 is 1.22 bits per heavy atom. The third kappa shape index (κ3) is 1.33. The van der Waals surface area contributed by atoms with E-state index < -0.39 is 0 Å². The van der Waals surface area contributed by atoms with Crippen LogP contribution in [-0.2, 0) is 12.5 Å². The van der Waals surface area contributed by atoms with Crippen molar-refractivity contribution >= 4 is 10.9 Å². The fourth-order valence-corrected chi connectivity index (χ4v) is 3.47. The van der Waals surface area contributed by atoms with Crippen molar-refractivity contribution < 1.29 is 0 Å². The summed E-state index contributed by atoms with van der Waals surface area (Å²) in [5.41, 5.74) is 10.7. The Balaban J connectivity index is 2.34. The van der Waals surface area contributed by atoms with Gasteiger partial charge in [0.25, 0.3) is 0 Å². The minimum atomic E-state index is -0.151. The summed E-state index contributed by atoms with van der Waals surface area (Å²) in [4.78, 5) is 0. The van der Waals surface area contributed by atoms with Gasteiger partial charge < -0.3 is 10.3 Å². The lowest BCUT2D eigenvalue weighted by Gasteiger charge is -2.31. The van der Waals surface area contributed by atoms with Crippen molar-refractivity contribution in [1.29, 1.82) is 0 Å². The van der Waals surface area contributed by atoms with Crippen LogP contribution >= 0.6 is 0 Å². The molecule has 1 fully saturated rings. The molecule has 2 aromatic rings. The number of hydrogen-bond acceptors (Lipinski definition) is 1. The molecule has 1 saturated carbocycles. The quantitative estimate of drug-likeness (QED) is 0.861. The molecule has 3 rings (SSSR count). The highest BCUT2D eigenvalue weighted by atomic mass is 15.0. The second-order valence-corrected chi connectivity index (χ2v) is 6.34. The van der Waals surface area contributed by atoms with Crippen molar-refractivity contribution in [3.63, 3.8) is 0 Å². The summed E-state index contributed by atoms with van der Waals surface area (Å²) >= 11 is 0. The Morgan fingerprint density at radius 2 is 1.83 bits per heavy atom. The van der Waals surface area contributed by atoms with E-state index in [-0.39, 0.29) is 11.0 Å². The van der Waals surface area contributed by atoms with Gasteiger partial charge in [-0.25, -0.2) is 0 Å². The van der Waals surface area contributed by atoms with Crippen molar-refractivity contribution in [3.8, 4) is 0 Å². The third-order valence-electron chi connectivity index (χ3n) is 4.86. The maximum absolute atomic E-state index is 6.47. The molecule has 0 spiro atoms. The van der Waals surface area contributed by atoms with Crippen molar-refractivity contribution in [2.45, 2.75) is 44.6 Å². The number of hydrogen-bond donors (Lipinski definition) is 1. The van der Waals surface area contributed by atoms with Gasteiger partial charge in [-0.2, -0.15) is 0 Å². The topological polar surface area (TPSA) is 30.9 Å². The fraction of sp³-hybridized carbons (Fsp3) is 0.500. The molecular formula is C16H22N2. The number of nitrogens with zero attached hydrogens (tertiary/aromatic N) is 1. The van der Waals surface area contributed by atoms with E-state index in [9.17, 15) is 0 Å². The van der Waals surface area contributed by atoms with E-state index >= 15 is 0 Å². The molecule has 0 atom stereocenters. The summed E-state index contributed by atoms with van der Waals surface area (Å²) in [5, 5.41) is 1.38. The van der Waals surface area contributed by atoms with Crippen LogP contribution in [0, 0.1) is 6.92 Å². The molecule has 0 radical (unpaired) electrons. The minimum Gasteiger partial charge on any atom is -0.348 e. The van der Waals surface area contributed by atoms with E-state index in [4.69, 9.17) is 5.73 Å². The van der Waals surface area contributed by atoms with Crippen LogP contribution in [0.1, 0.15) is 37.9 Å². The number of aryl methyl sites for hydroxylation is 1. The normalized spacial score (nSPS) is 18.3. The maximum atomic E-state index is 6.47. The van der Waals surface area contributed by atoms with Gasteiger partial charge in [-0.3, -0.25) is 0 Å². The molecule has 18 heavy (non-hydrogen) atoms. The number of fused-ring (bicyclic) bond motifs is 1. The predicted molar refractivity (Wildman–Crippen MR) is 76.8 cm³/mol. The number of nitrogens with two attached hydrogens (primary N) is 1. The molecule has 0 bridgehead atoms. The molecule has 2 heteroatoms. The summed E-state index contributed by atoms with van der Waals surface area (Å²) in [7, 11) is 2.15. The first-order valence-electron chi connectivity index (χ1n) is 6.72. The molecule has 0 saturated heterocycles. The molecule has 0 unspecified atom stereocenters. The van der Waals surface area contributed by atoms with Crippen LogP contribution in [0.4, 0.5) is 0 Å². The smallest absolute Gasteiger partial charge is 0.0482 e. The Labute approximate surface area is 109 Å². The highest BCUT2D eigenvalue weighted by Gasteiger charge is 2.55. The predicted octanol–water partition coefficient (Wildman–Crippen LogP) is 3.26. The van der Waals surface area contributed by atoms with Crippen molar-refractivity contribution in [2.24, 2.45) is 12.8 Å². The molecular weight excluding hydrogens is 220 g/mol. The Hall–Kier alpha value is -1.28. The Kier molecular flexibility index (Phi) is 2.22. The first kappa shape index (κ1) is 11.8. The molecule has 0 amide bonds. The standard InChI is InChI=1S/C16H22N2/c1-11-14(16(9-10-16)15(2,3)17)12-7-5-6-8-13(12)18(11)4/h5-8H,9-10,17H2,1-4H3. The third-order valence-corrected chi connectivity index (χ3v) is 4.86. The molecule has 1 aromatic heterocycles. The van der Waals surface area contributed by atoms with Crippen LogP contribution in [0.25, 0.3) is 10.9 Å². The van der Waals surface area contributed by atoms with Gasteiger partial charge in [0, 0.05) is 34.6 Å². The molecule has 96 valence electrons. The minimum absolute atomic E-state index is 0.151. The molecule has 2 N–H and O–H groups in total. The maximum Gasteiger partial charge on any atom is 0.0482 e. The van der Waals surface area contributed by atoms with Gasteiger partial charge in [-0.1, -0.05) is 18.2 Å². The molecule has 2 nitrogen and oxygen atoms in total. The van der Waals surface area contributed by atoms with E-state index in [1.54, 1.807) is 0 Å². The average molecular weight is 242 g/mol. The van der Waals surface area contributed by atoms with Crippen LogP contribution in [0.15, 0.2) is 24.3 Å². The van der Waals surface area contributed by atoms with Crippen molar-refractivity contribution in [3.05, 3.63) is 35.5 Å². The largest absolute Gasteiger partial charge is 0.348 e. The molecule has 0 aliphatic heterocycles. The number of benzene rings is 1. The van der Waals surface area contributed by atoms with E-state index in [1.165, 1.54) is 35.0 Å². The zero-order valence-corrected chi connectivity index (χ0v) is 11.7. The lowest BCUT2D eigenvalue weighted by molar-refractivity contribution is 0.391. The highest BCUT2D eigenvalue weighted by molar-refractivity contribution is 5.87. The highest BCUT2D eigenvalue weighted by Crippen LogP contribution is 2.57. The van der Waals surface area contributed by atoms with Crippen LogP contribution in [0.3, 0.4) is 0 Å². The van der Waals surface area contributed by atoms with Gasteiger partial charge in [0.15, 0.2) is 0 Å². The van der Waals surface area contributed by atoms with Gasteiger partial charge in [0.1, 0.15) is 0 Å². The number of para-hydroxylation sites is 1. The van der Waals surface area contributed by atoms with Gasteiger partial charge in [-0.15, -0.1) is 0 Å². The summed E-state index contributed by atoms with van der Waals surface area (Å²) in [6, 6.07) is 8.68. The van der Waals surface area contributed by atoms with Gasteiger partial charge in [-0.05, 0) is 45.2 Å². The lowest BCUT2D eigenvalue weighted by Crippen LogP contribution is -2.45. The number of rotatable bonds is 2. The van der Waals surface area contributed by atoms with E-state index in [2.05, 4.69) is 56.7 Å². The first-order valence-corrected chi connectivity index (χ1v) is 6.72. The van der Waals surface area contributed by atoms with Gasteiger partial charge in [0.2, 0.25) is 0 Å². The van der Waals surface area contributed by atoms with E-state index in [0.717, 1.165) is 0 Å². The monoisotopic (exact) mass is 242 g/mol. The van der Waals surface area contributed by atoms with Crippen molar-refractivity contribution in [2.75, 3.05) is 0 Å². The SMILES string of the molecule is Cc1c(C2(C(C)(C)N)CC2)c2ccccc2n1C. The average Bonchev–Trinajstić information content (AvgIpc) is 3.06. The van der Waals surface area contributed by atoms with Crippen molar-refractivity contribution in [1.82, 2.24) is 4.57 Å². The zero-order chi connectivity index (χ0) is 13.1. The molecule has 1 aliphatic carbocycles. The van der Waals surface area contributed by atoms with Crippen LogP contribution in [0.2, 0.25) is 0 Å². The van der Waals surface area contributed by atoms with E-state index in [0.29, 0.717) is 0 Å². The summed E-state index contributed by atoms with van der Waals surface area (Å²) in [6.07, 6.45) is 2.43. The zero-order valence-electron chi connectivity index (χ0n) is 11.7. The fourth-order valence-electron chi connectivity index (χ4n) is 3.47. The Morgan fingerprint density at radius 3 is 2.39 bits per heavy atom. The Bertz CT molecular complexity index is 610. The van der Waals surface area contributed by atoms with E-state index in [1.807, 2.05) is 0 Å². The van der Waals surface area contributed by atoms with Crippen LogP contribution in [0.5, 0.6) is 0 Å². The second kappa shape index (κ2) is 3.39. The van der Waals surface area contributed by atoms with Crippen LogP contribution in [-0.4, -0.2) is 10.1 Å². The summed E-state index contributed by atoms with van der Waals surface area (Å²) in [5.74, 6) is 0.